The summed E-state index contributed by atoms with van der Waals surface area (Å²) in [6.07, 6.45) is 3.04. The van der Waals surface area contributed by atoms with Gasteiger partial charge in [-0.1, -0.05) is 87.2 Å². The Hall–Kier alpha value is -4.49. The monoisotopic (exact) mass is 572 g/mol. The van der Waals surface area contributed by atoms with E-state index in [-0.39, 0.29) is 5.70 Å². The van der Waals surface area contributed by atoms with Gasteiger partial charge in [0.1, 0.15) is 11.5 Å². The summed E-state index contributed by atoms with van der Waals surface area (Å²) < 4.78 is 51.2. The largest absolute Gasteiger partial charge is 0.496 e. The normalized spacial score (nSPS) is 12.8. The minimum absolute atomic E-state index is 0.156. The van der Waals surface area contributed by atoms with Crippen LogP contribution in [-0.4, -0.2) is 13.7 Å². The number of methoxy groups -OCH3 is 1. The number of nitriles is 1. The number of rotatable bonds is 12. The van der Waals surface area contributed by atoms with Crippen LogP contribution in [0.25, 0.3) is 28.3 Å². The Balaban J connectivity index is 2.12. The predicted molar refractivity (Wildman–Crippen MR) is 162 cm³/mol. The van der Waals surface area contributed by atoms with Gasteiger partial charge in [0.05, 0.1) is 37.5 Å². The van der Waals surface area contributed by atoms with Gasteiger partial charge < -0.3 is 9.47 Å². The van der Waals surface area contributed by atoms with Crippen molar-refractivity contribution in [2.75, 3.05) is 13.7 Å². The van der Waals surface area contributed by atoms with Gasteiger partial charge in [0.25, 0.3) is 0 Å². The van der Waals surface area contributed by atoms with E-state index in [4.69, 9.17) is 16.0 Å². The zero-order chi connectivity index (χ0) is 30.7. The van der Waals surface area contributed by atoms with Crippen molar-refractivity contribution in [3.05, 3.63) is 105 Å². The third kappa shape index (κ3) is 8.51. The Morgan fingerprint density at radius 1 is 0.976 bits per heavy atom. The lowest BCUT2D eigenvalue weighted by Crippen LogP contribution is -2.12. The third-order valence-electron chi connectivity index (χ3n) is 7.08. The number of nitrogens with zero attached hydrogens (tertiary/aromatic N) is 2. The fraction of sp³-hybridized carbons (Fsp3) is 0.314. The first-order valence-corrected chi connectivity index (χ1v) is 13.9. The number of aryl methyl sites for hydroxylation is 1. The molecule has 1 atom stereocenters. The Morgan fingerprint density at radius 2 is 1.60 bits per heavy atom. The van der Waals surface area contributed by atoms with Gasteiger partial charge in [-0.2, -0.15) is 18.4 Å². The number of allylic oxidation sites excluding steroid dienone is 1. The number of benzene rings is 3. The van der Waals surface area contributed by atoms with Crippen LogP contribution in [0.4, 0.5) is 13.2 Å². The van der Waals surface area contributed by atoms with Gasteiger partial charge in [-0.3, -0.25) is 0 Å². The van der Waals surface area contributed by atoms with E-state index in [1.54, 1.807) is 24.3 Å². The smallest absolute Gasteiger partial charge is 0.416 e. The van der Waals surface area contributed by atoms with Crippen molar-refractivity contribution in [3.63, 3.8) is 0 Å². The first-order chi connectivity index (χ1) is 20.1. The number of alkyl halides is 3. The molecule has 42 heavy (non-hydrogen) atoms. The maximum absolute atomic E-state index is 13.1. The fourth-order valence-corrected chi connectivity index (χ4v) is 4.45. The van der Waals surface area contributed by atoms with Crippen molar-refractivity contribution < 1.29 is 22.6 Å². The summed E-state index contributed by atoms with van der Waals surface area (Å²) in [5.74, 6) is 1.30. The van der Waals surface area contributed by atoms with Crippen molar-refractivity contribution in [1.29, 1.82) is 5.26 Å². The summed E-state index contributed by atoms with van der Waals surface area (Å²) in [5, 5.41) is 9.98. The number of ether oxygens (including phenoxy) is 2. The second kappa shape index (κ2) is 14.9. The highest BCUT2D eigenvalue weighted by atomic mass is 19.4. The molecular weight excluding hydrogens is 537 g/mol. The molecule has 0 N–H and O–H groups in total. The molecule has 0 amide bonds. The van der Waals surface area contributed by atoms with Crippen molar-refractivity contribution >= 4 is 23.4 Å². The summed E-state index contributed by atoms with van der Waals surface area (Å²) in [4.78, 5) is 3.58. The van der Waals surface area contributed by atoms with Gasteiger partial charge in [0, 0.05) is 11.1 Å². The number of hydrogen-bond donors (Lipinski definition) is 0. The second-order valence-electron chi connectivity index (χ2n) is 10.1. The molecule has 0 bridgehead atoms. The summed E-state index contributed by atoms with van der Waals surface area (Å²) in [5.41, 5.74) is 3.20. The molecule has 3 rings (SSSR count). The third-order valence-corrected chi connectivity index (χ3v) is 7.08. The van der Waals surface area contributed by atoms with Crippen LogP contribution >= 0.6 is 0 Å². The van der Waals surface area contributed by atoms with Crippen LogP contribution in [0.3, 0.4) is 0 Å². The zero-order valence-corrected chi connectivity index (χ0v) is 24.4. The molecule has 0 aliphatic rings. The van der Waals surface area contributed by atoms with Gasteiger partial charge in [-0.15, -0.1) is 0 Å². The van der Waals surface area contributed by atoms with Crippen LogP contribution in [0.5, 0.6) is 11.5 Å². The highest BCUT2D eigenvalue weighted by Crippen LogP contribution is 2.36. The van der Waals surface area contributed by atoms with Crippen LogP contribution in [0.2, 0.25) is 0 Å². The van der Waals surface area contributed by atoms with E-state index in [0.29, 0.717) is 46.3 Å². The Kier molecular flexibility index (Phi) is 11.4. The average Bonchev–Trinajstić information content (AvgIpc) is 2.99. The van der Waals surface area contributed by atoms with Gasteiger partial charge >= 0.3 is 6.18 Å². The molecule has 0 saturated heterocycles. The molecule has 4 nitrogen and oxygen atoms in total. The first kappa shape index (κ1) is 32.0. The molecule has 3 aromatic carbocycles. The Morgan fingerprint density at radius 3 is 2.14 bits per heavy atom. The molecule has 0 saturated carbocycles. The maximum Gasteiger partial charge on any atom is 0.416 e. The van der Waals surface area contributed by atoms with Crippen LogP contribution in [0.1, 0.15) is 72.9 Å². The van der Waals surface area contributed by atoms with E-state index in [1.807, 2.05) is 31.2 Å². The van der Waals surface area contributed by atoms with Gasteiger partial charge in [-0.25, -0.2) is 4.85 Å². The van der Waals surface area contributed by atoms with Crippen molar-refractivity contribution in [2.45, 2.75) is 52.6 Å². The minimum Gasteiger partial charge on any atom is -0.496 e. The lowest BCUT2D eigenvalue weighted by molar-refractivity contribution is -0.137. The topological polar surface area (TPSA) is 46.6 Å². The molecule has 0 heterocycles. The first-order valence-electron chi connectivity index (χ1n) is 13.9. The van der Waals surface area contributed by atoms with E-state index >= 15 is 0 Å². The van der Waals surface area contributed by atoms with E-state index in [1.165, 1.54) is 19.2 Å². The SMILES string of the molecule is [C-]#[N+]/C(=C\c1cc(OCC(CC)CCCC)c(/C=C(\C#N)c2ccc(C)cc2)cc1OC)c1ccc(C(F)(F)F)cc1. The molecule has 1 unspecified atom stereocenters. The summed E-state index contributed by atoms with van der Waals surface area (Å²) in [6.45, 7) is 14.5. The van der Waals surface area contributed by atoms with Gasteiger partial charge in [0.2, 0.25) is 0 Å². The van der Waals surface area contributed by atoms with Crippen molar-refractivity contribution in [3.8, 4) is 17.6 Å². The lowest BCUT2D eigenvalue weighted by Gasteiger charge is -2.19. The summed E-state index contributed by atoms with van der Waals surface area (Å²) in [7, 11) is 1.50. The van der Waals surface area contributed by atoms with Crippen LogP contribution in [0, 0.1) is 30.7 Å². The molecule has 0 spiro atoms. The second-order valence-corrected chi connectivity index (χ2v) is 10.1. The molecule has 218 valence electrons. The van der Waals surface area contributed by atoms with E-state index < -0.39 is 11.7 Å². The van der Waals surface area contributed by atoms with Crippen LogP contribution < -0.4 is 9.47 Å². The maximum atomic E-state index is 13.1. The Labute approximate surface area is 246 Å². The zero-order valence-electron chi connectivity index (χ0n) is 24.4. The number of hydrogen-bond acceptors (Lipinski definition) is 3. The Bertz CT molecular complexity index is 1490. The number of halogens is 3. The van der Waals surface area contributed by atoms with Crippen molar-refractivity contribution in [1.82, 2.24) is 0 Å². The average molecular weight is 573 g/mol. The molecule has 7 heteroatoms. The van der Waals surface area contributed by atoms with Crippen LogP contribution in [0.15, 0.2) is 60.7 Å². The minimum atomic E-state index is -4.46. The molecule has 3 aromatic rings. The molecule has 0 aliphatic heterocycles. The van der Waals surface area contributed by atoms with Crippen molar-refractivity contribution in [2.24, 2.45) is 5.92 Å². The summed E-state index contributed by atoms with van der Waals surface area (Å²) >= 11 is 0. The molecule has 0 fully saturated rings. The fourth-order valence-electron chi connectivity index (χ4n) is 4.45. The van der Waals surface area contributed by atoms with E-state index in [9.17, 15) is 18.4 Å². The number of unbranched alkanes of at least 4 members (excludes halogenated alkanes) is 1. The molecule has 0 aliphatic carbocycles. The lowest BCUT2D eigenvalue weighted by atomic mass is 9.99. The van der Waals surface area contributed by atoms with E-state index in [0.717, 1.165) is 48.9 Å². The molecule has 0 radical (unpaired) electrons. The predicted octanol–water partition coefficient (Wildman–Crippen LogP) is 10.1. The molecule has 0 aromatic heterocycles. The standard InChI is InChI=1S/C35H35F3N2O2/c1-6-8-9-25(7-2)23-42-34-21-29(19-32(40-4)27-14-16-31(17-15-27)35(36,37)38)33(41-5)20-28(34)18-30(22-39)26-12-10-24(3)11-13-26/h10-21,25H,6-9,23H2,1-3,5H3/b30-18+,32-19-. The van der Waals surface area contributed by atoms with Gasteiger partial charge in [-0.05, 0) is 54.7 Å². The molecular formula is C35H35F3N2O2. The summed E-state index contributed by atoms with van der Waals surface area (Å²) in [6, 6.07) is 18.0. The van der Waals surface area contributed by atoms with E-state index in [2.05, 4.69) is 24.8 Å². The highest BCUT2D eigenvalue weighted by Gasteiger charge is 2.30. The van der Waals surface area contributed by atoms with Crippen LogP contribution in [-0.2, 0) is 6.18 Å². The highest BCUT2D eigenvalue weighted by molar-refractivity contribution is 5.92. The van der Waals surface area contributed by atoms with Gasteiger partial charge in [0.15, 0.2) is 5.70 Å². The quantitative estimate of drug-likeness (QED) is 0.123.